The first-order valence-corrected chi connectivity index (χ1v) is 9.79. The second kappa shape index (κ2) is 7.44. The second-order valence-electron chi connectivity index (χ2n) is 7.42. The van der Waals surface area contributed by atoms with Crippen molar-refractivity contribution < 1.29 is 9.59 Å². The van der Waals surface area contributed by atoms with Crippen molar-refractivity contribution in [2.24, 2.45) is 0 Å². The Morgan fingerprint density at radius 2 is 1.67 bits per heavy atom. The van der Waals surface area contributed by atoms with Crippen LogP contribution in [-0.2, 0) is 22.6 Å². The van der Waals surface area contributed by atoms with Gasteiger partial charge in [-0.25, -0.2) is 0 Å². The van der Waals surface area contributed by atoms with Gasteiger partial charge in [0.25, 0.3) is 11.8 Å². The Balaban J connectivity index is 1.62. The molecule has 4 aromatic rings. The lowest BCUT2D eigenvalue weighted by molar-refractivity contribution is -0.123. The maximum Gasteiger partial charge on any atom is 0.258 e. The number of pyridine rings is 1. The van der Waals surface area contributed by atoms with Crippen molar-refractivity contribution in [3.05, 3.63) is 108 Å². The molecule has 0 saturated carbocycles. The zero-order chi connectivity index (χ0) is 20.5. The Labute approximate surface area is 173 Å². The SMILES string of the molecule is O=C1C=C(c2cn(Cc3ccncc3)c3ccc(Cc4ccccc4)cc23)C(=O)N1. The van der Waals surface area contributed by atoms with Crippen LogP contribution in [0.2, 0.25) is 0 Å². The number of aromatic nitrogens is 2. The fraction of sp³-hybridized carbons (Fsp3) is 0.0800. The van der Waals surface area contributed by atoms with E-state index in [2.05, 4.69) is 45.2 Å². The van der Waals surface area contributed by atoms with Crippen LogP contribution in [0, 0.1) is 0 Å². The summed E-state index contributed by atoms with van der Waals surface area (Å²) in [6.45, 7) is 0.653. The molecule has 0 aliphatic carbocycles. The lowest BCUT2D eigenvalue weighted by Crippen LogP contribution is -2.21. The summed E-state index contributed by atoms with van der Waals surface area (Å²) in [5, 5.41) is 3.32. The van der Waals surface area contributed by atoms with E-state index in [1.165, 1.54) is 11.6 Å². The minimum atomic E-state index is -0.370. The Hall–Kier alpha value is -3.99. The standard InChI is InChI=1S/C25H19N3O2/c29-24-14-21(25(30)27-24)22-16-28(15-18-8-10-26-11-9-18)23-7-6-19(13-20(22)23)12-17-4-2-1-3-5-17/h1-11,13-14,16H,12,15H2,(H,27,29,30). The number of fused-ring (bicyclic) bond motifs is 1. The molecule has 0 spiro atoms. The summed E-state index contributed by atoms with van der Waals surface area (Å²) >= 11 is 0. The first-order chi connectivity index (χ1) is 14.7. The first kappa shape index (κ1) is 18.1. The predicted octanol–water partition coefficient (Wildman–Crippen LogP) is 3.72. The highest BCUT2D eigenvalue weighted by Crippen LogP contribution is 2.31. The topological polar surface area (TPSA) is 64.0 Å². The average Bonchev–Trinajstić information content (AvgIpc) is 3.28. The summed E-state index contributed by atoms with van der Waals surface area (Å²) < 4.78 is 2.11. The van der Waals surface area contributed by atoms with Crippen LogP contribution in [0.5, 0.6) is 0 Å². The second-order valence-corrected chi connectivity index (χ2v) is 7.42. The van der Waals surface area contributed by atoms with Gasteiger partial charge in [0.1, 0.15) is 0 Å². The van der Waals surface area contributed by atoms with E-state index in [1.807, 2.05) is 36.5 Å². The van der Waals surface area contributed by atoms with Gasteiger partial charge >= 0.3 is 0 Å². The Bertz CT molecular complexity index is 1290. The third-order valence-electron chi connectivity index (χ3n) is 5.35. The zero-order valence-corrected chi connectivity index (χ0v) is 16.2. The number of hydrogen-bond acceptors (Lipinski definition) is 3. The van der Waals surface area contributed by atoms with Gasteiger partial charge in [0, 0.05) is 47.7 Å². The van der Waals surface area contributed by atoms with Gasteiger partial charge in [-0.05, 0) is 47.4 Å². The molecule has 2 aromatic heterocycles. The maximum absolute atomic E-state index is 12.4. The van der Waals surface area contributed by atoms with Gasteiger partial charge in [0.05, 0.1) is 5.57 Å². The molecule has 146 valence electrons. The Morgan fingerprint density at radius 3 is 2.40 bits per heavy atom. The van der Waals surface area contributed by atoms with Crippen LogP contribution < -0.4 is 5.32 Å². The number of carbonyl (C=O) groups excluding carboxylic acids is 2. The summed E-state index contributed by atoms with van der Waals surface area (Å²) in [5.41, 5.74) is 5.70. The van der Waals surface area contributed by atoms with Crippen LogP contribution in [0.3, 0.4) is 0 Å². The molecular weight excluding hydrogens is 374 g/mol. The van der Waals surface area contributed by atoms with E-state index >= 15 is 0 Å². The molecule has 0 radical (unpaired) electrons. The van der Waals surface area contributed by atoms with Gasteiger partial charge in [0.15, 0.2) is 0 Å². The van der Waals surface area contributed by atoms with E-state index in [1.54, 1.807) is 12.4 Å². The molecule has 1 N–H and O–H groups in total. The molecule has 5 rings (SSSR count). The monoisotopic (exact) mass is 393 g/mol. The first-order valence-electron chi connectivity index (χ1n) is 9.79. The largest absolute Gasteiger partial charge is 0.342 e. The highest BCUT2D eigenvalue weighted by atomic mass is 16.2. The van der Waals surface area contributed by atoms with Gasteiger partial charge in [-0.15, -0.1) is 0 Å². The molecule has 0 unspecified atom stereocenters. The van der Waals surface area contributed by atoms with Crippen molar-refractivity contribution in [1.82, 2.24) is 14.9 Å². The molecule has 5 heteroatoms. The molecule has 5 nitrogen and oxygen atoms in total. The molecule has 2 aromatic carbocycles. The summed E-state index contributed by atoms with van der Waals surface area (Å²) in [4.78, 5) is 28.2. The van der Waals surface area contributed by atoms with E-state index in [0.717, 1.165) is 34.0 Å². The van der Waals surface area contributed by atoms with Crippen LogP contribution in [0.1, 0.15) is 22.3 Å². The number of hydrogen-bond donors (Lipinski definition) is 1. The molecule has 1 aliphatic heterocycles. The fourth-order valence-electron chi connectivity index (χ4n) is 3.93. The number of nitrogens with zero attached hydrogens (tertiary/aromatic N) is 2. The summed E-state index contributed by atoms with van der Waals surface area (Å²) in [7, 11) is 0. The lowest BCUT2D eigenvalue weighted by Gasteiger charge is -2.07. The van der Waals surface area contributed by atoms with Crippen LogP contribution in [0.15, 0.2) is 85.3 Å². The van der Waals surface area contributed by atoms with Gasteiger partial charge in [-0.3, -0.25) is 19.9 Å². The number of carbonyl (C=O) groups is 2. The maximum atomic E-state index is 12.4. The molecular formula is C25H19N3O2. The van der Waals surface area contributed by atoms with E-state index in [9.17, 15) is 9.59 Å². The fourth-order valence-corrected chi connectivity index (χ4v) is 3.93. The highest BCUT2D eigenvalue weighted by molar-refractivity contribution is 6.35. The van der Waals surface area contributed by atoms with Gasteiger partial charge < -0.3 is 4.57 Å². The number of rotatable bonds is 5. The van der Waals surface area contributed by atoms with E-state index in [4.69, 9.17) is 0 Å². The lowest BCUT2D eigenvalue weighted by atomic mass is 10.00. The number of benzene rings is 2. The summed E-state index contributed by atoms with van der Waals surface area (Å²) in [5.74, 6) is -0.720. The minimum absolute atomic E-state index is 0.351. The van der Waals surface area contributed by atoms with Gasteiger partial charge in [-0.1, -0.05) is 36.4 Å². The third kappa shape index (κ3) is 3.42. The molecule has 0 fully saturated rings. The van der Waals surface area contributed by atoms with Crippen molar-refractivity contribution in [2.45, 2.75) is 13.0 Å². The van der Waals surface area contributed by atoms with E-state index < -0.39 is 0 Å². The zero-order valence-electron chi connectivity index (χ0n) is 16.2. The Morgan fingerprint density at radius 1 is 0.867 bits per heavy atom. The van der Waals surface area contributed by atoms with E-state index in [0.29, 0.717) is 12.1 Å². The molecule has 0 saturated heterocycles. The Kier molecular flexibility index (Phi) is 4.48. The van der Waals surface area contributed by atoms with E-state index in [-0.39, 0.29) is 11.8 Å². The number of imide groups is 1. The predicted molar refractivity (Wildman–Crippen MR) is 116 cm³/mol. The quantitative estimate of drug-likeness (QED) is 0.526. The molecule has 30 heavy (non-hydrogen) atoms. The van der Waals surface area contributed by atoms with Crippen LogP contribution in [0.25, 0.3) is 16.5 Å². The summed E-state index contributed by atoms with van der Waals surface area (Å²) in [6.07, 6.45) is 7.69. The molecule has 2 amide bonds. The van der Waals surface area contributed by atoms with Crippen molar-refractivity contribution >= 4 is 28.3 Å². The number of amides is 2. The number of nitrogens with one attached hydrogen (secondary N) is 1. The molecule has 0 atom stereocenters. The average molecular weight is 393 g/mol. The van der Waals surface area contributed by atoms with Crippen LogP contribution in [-0.4, -0.2) is 21.4 Å². The van der Waals surface area contributed by atoms with Crippen molar-refractivity contribution in [1.29, 1.82) is 0 Å². The van der Waals surface area contributed by atoms with Gasteiger partial charge in [-0.2, -0.15) is 0 Å². The summed E-state index contributed by atoms with van der Waals surface area (Å²) in [6, 6.07) is 20.6. The third-order valence-corrected chi connectivity index (χ3v) is 5.35. The van der Waals surface area contributed by atoms with Crippen LogP contribution >= 0.6 is 0 Å². The highest BCUT2D eigenvalue weighted by Gasteiger charge is 2.25. The van der Waals surface area contributed by atoms with Gasteiger partial charge in [0.2, 0.25) is 0 Å². The van der Waals surface area contributed by atoms with Crippen LogP contribution in [0.4, 0.5) is 0 Å². The molecule has 1 aliphatic rings. The minimum Gasteiger partial charge on any atom is -0.342 e. The molecule has 0 bridgehead atoms. The smallest absolute Gasteiger partial charge is 0.258 e. The van der Waals surface area contributed by atoms with Crippen molar-refractivity contribution in [3.63, 3.8) is 0 Å². The molecule has 3 heterocycles. The van der Waals surface area contributed by atoms with Crippen molar-refractivity contribution in [2.75, 3.05) is 0 Å². The van der Waals surface area contributed by atoms with Crippen molar-refractivity contribution in [3.8, 4) is 0 Å². The normalized spacial score (nSPS) is 13.5.